The molecule has 0 unspecified atom stereocenters. The van der Waals surface area contributed by atoms with Crippen molar-refractivity contribution < 1.29 is 0 Å². The lowest BCUT2D eigenvalue weighted by molar-refractivity contribution is 1.47. The van der Waals surface area contributed by atoms with Gasteiger partial charge in [0.25, 0.3) is 0 Å². The molecule has 146 valence electrons. The number of benzene rings is 6. The van der Waals surface area contributed by atoms with Gasteiger partial charge in [0.05, 0.1) is 0 Å². The Kier molecular flexibility index (Phi) is 4.11. The number of fused-ring (bicyclic) bond motifs is 6. The van der Waals surface area contributed by atoms with Gasteiger partial charge in [-0.3, -0.25) is 0 Å². The van der Waals surface area contributed by atoms with E-state index in [0.717, 1.165) is 0 Å². The molecule has 0 amide bonds. The Hall–Kier alpha value is -3.90. The average Bonchev–Trinajstić information content (AvgIpc) is 2.84. The average molecular weight is 395 g/mol. The van der Waals surface area contributed by atoms with Crippen molar-refractivity contribution in [2.24, 2.45) is 0 Å². The second-order valence-corrected chi connectivity index (χ2v) is 8.30. The molecular formula is C31H22. The minimum atomic E-state index is 1.25. The standard InChI is InChI=1S/C31H22/c1-21-8-6-9-22(18-21)23-10-7-11-24(19-23)25-16-17-30-28-14-3-2-12-26(28)27-13-4-5-15-29(27)31(30)20-25/h2-20H,1H3. The highest BCUT2D eigenvalue weighted by atomic mass is 14.1. The largest absolute Gasteiger partial charge is 0.0616 e. The Labute approximate surface area is 182 Å². The monoisotopic (exact) mass is 394 g/mol. The molecule has 0 atom stereocenters. The van der Waals surface area contributed by atoms with Gasteiger partial charge in [-0.2, -0.15) is 0 Å². The molecule has 0 spiro atoms. The van der Waals surface area contributed by atoms with Gasteiger partial charge >= 0.3 is 0 Å². The molecule has 0 aliphatic heterocycles. The van der Waals surface area contributed by atoms with Crippen LogP contribution in [0.25, 0.3) is 54.6 Å². The third-order valence-electron chi connectivity index (χ3n) is 6.29. The van der Waals surface area contributed by atoms with Gasteiger partial charge in [-0.25, -0.2) is 0 Å². The third kappa shape index (κ3) is 3.00. The van der Waals surface area contributed by atoms with Crippen LogP contribution >= 0.6 is 0 Å². The van der Waals surface area contributed by atoms with Crippen molar-refractivity contribution in [2.45, 2.75) is 6.92 Å². The molecule has 0 aliphatic rings. The van der Waals surface area contributed by atoms with Gasteiger partial charge in [0, 0.05) is 0 Å². The van der Waals surface area contributed by atoms with Crippen LogP contribution in [0.4, 0.5) is 0 Å². The summed E-state index contributed by atoms with van der Waals surface area (Å²) in [5, 5.41) is 7.89. The molecule has 0 bridgehead atoms. The highest BCUT2D eigenvalue weighted by Gasteiger charge is 2.10. The fourth-order valence-electron chi connectivity index (χ4n) is 4.79. The van der Waals surface area contributed by atoms with Gasteiger partial charge in [-0.15, -0.1) is 0 Å². The lowest BCUT2D eigenvalue weighted by Gasteiger charge is -2.12. The topological polar surface area (TPSA) is 0 Å². The van der Waals surface area contributed by atoms with Crippen LogP contribution in [-0.2, 0) is 0 Å². The normalized spacial score (nSPS) is 11.4. The molecule has 0 nitrogen and oxygen atoms in total. The van der Waals surface area contributed by atoms with Gasteiger partial charge in [-0.05, 0) is 73.6 Å². The maximum atomic E-state index is 2.36. The predicted octanol–water partition coefficient (Wildman–Crippen LogP) is 8.79. The Bertz CT molecular complexity index is 1550. The summed E-state index contributed by atoms with van der Waals surface area (Å²) < 4.78 is 0. The van der Waals surface area contributed by atoms with E-state index in [0.29, 0.717) is 0 Å². The maximum absolute atomic E-state index is 2.36. The zero-order chi connectivity index (χ0) is 20.8. The molecule has 0 N–H and O–H groups in total. The number of rotatable bonds is 2. The zero-order valence-electron chi connectivity index (χ0n) is 17.5. The van der Waals surface area contributed by atoms with Crippen LogP contribution in [-0.4, -0.2) is 0 Å². The van der Waals surface area contributed by atoms with Crippen LogP contribution in [0.5, 0.6) is 0 Å². The Morgan fingerprint density at radius 3 is 1.35 bits per heavy atom. The van der Waals surface area contributed by atoms with E-state index in [4.69, 9.17) is 0 Å². The molecule has 6 aromatic carbocycles. The molecule has 0 aromatic heterocycles. The van der Waals surface area contributed by atoms with Crippen molar-refractivity contribution >= 4 is 32.3 Å². The van der Waals surface area contributed by atoms with Crippen LogP contribution < -0.4 is 0 Å². The number of aryl methyl sites for hydroxylation is 1. The van der Waals surface area contributed by atoms with E-state index in [2.05, 4.69) is 122 Å². The highest BCUT2D eigenvalue weighted by Crippen LogP contribution is 2.37. The van der Waals surface area contributed by atoms with Gasteiger partial charge in [0.2, 0.25) is 0 Å². The minimum absolute atomic E-state index is 1.25. The minimum Gasteiger partial charge on any atom is -0.0616 e. The fraction of sp³-hybridized carbons (Fsp3) is 0.0323. The van der Waals surface area contributed by atoms with Crippen LogP contribution in [0, 0.1) is 6.92 Å². The van der Waals surface area contributed by atoms with Crippen LogP contribution in [0.1, 0.15) is 5.56 Å². The van der Waals surface area contributed by atoms with E-state index in [1.165, 1.54) is 60.1 Å². The third-order valence-corrected chi connectivity index (χ3v) is 6.29. The van der Waals surface area contributed by atoms with Crippen LogP contribution in [0.3, 0.4) is 0 Å². The fourth-order valence-corrected chi connectivity index (χ4v) is 4.79. The Morgan fingerprint density at radius 2 is 0.774 bits per heavy atom. The first kappa shape index (κ1) is 17.9. The van der Waals surface area contributed by atoms with Crippen molar-refractivity contribution in [3.63, 3.8) is 0 Å². The summed E-state index contributed by atoms with van der Waals surface area (Å²) >= 11 is 0. The quantitative estimate of drug-likeness (QED) is 0.257. The van der Waals surface area contributed by atoms with Crippen molar-refractivity contribution in [2.75, 3.05) is 0 Å². The molecule has 0 heteroatoms. The van der Waals surface area contributed by atoms with Crippen LogP contribution in [0.2, 0.25) is 0 Å². The Balaban J connectivity index is 1.59. The highest BCUT2D eigenvalue weighted by molar-refractivity contribution is 6.25. The van der Waals surface area contributed by atoms with Crippen molar-refractivity contribution in [3.05, 3.63) is 121 Å². The van der Waals surface area contributed by atoms with E-state index in [9.17, 15) is 0 Å². The second kappa shape index (κ2) is 7.11. The summed E-state index contributed by atoms with van der Waals surface area (Å²) in [6, 6.07) is 42.0. The van der Waals surface area contributed by atoms with Gasteiger partial charge in [-0.1, -0.05) is 109 Å². The lowest BCUT2D eigenvalue weighted by Crippen LogP contribution is -1.86. The van der Waals surface area contributed by atoms with Crippen molar-refractivity contribution in [1.29, 1.82) is 0 Å². The summed E-state index contributed by atoms with van der Waals surface area (Å²) in [5.74, 6) is 0. The van der Waals surface area contributed by atoms with E-state index in [1.807, 2.05) is 0 Å². The van der Waals surface area contributed by atoms with Gasteiger partial charge in [0.15, 0.2) is 0 Å². The SMILES string of the molecule is Cc1cccc(-c2cccc(-c3ccc4c5ccccc5c5ccccc5c4c3)c2)c1. The number of hydrogen-bond donors (Lipinski definition) is 0. The molecule has 0 radical (unpaired) electrons. The molecule has 0 aliphatic carbocycles. The zero-order valence-corrected chi connectivity index (χ0v) is 17.5. The maximum Gasteiger partial charge on any atom is -0.00928 e. The summed E-state index contributed by atoms with van der Waals surface area (Å²) in [6.07, 6.45) is 0. The molecular weight excluding hydrogens is 372 g/mol. The van der Waals surface area contributed by atoms with E-state index in [-0.39, 0.29) is 0 Å². The van der Waals surface area contributed by atoms with E-state index >= 15 is 0 Å². The first-order valence-electron chi connectivity index (χ1n) is 10.8. The molecule has 31 heavy (non-hydrogen) atoms. The molecule has 6 aromatic rings. The molecule has 0 saturated heterocycles. The first-order valence-corrected chi connectivity index (χ1v) is 10.8. The predicted molar refractivity (Wildman–Crippen MR) is 135 cm³/mol. The molecule has 0 saturated carbocycles. The van der Waals surface area contributed by atoms with E-state index in [1.54, 1.807) is 0 Å². The Morgan fingerprint density at radius 1 is 0.323 bits per heavy atom. The van der Waals surface area contributed by atoms with Gasteiger partial charge < -0.3 is 0 Å². The first-order chi connectivity index (χ1) is 15.3. The lowest BCUT2D eigenvalue weighted by atomic mass is 9.91. The van der Waals surface area contributed by atoms with Gasteiger partial charge in [0.1, 0.15) is 0 Å². The molecule has 0 fully saturated rings. The molecule has 6 rings (SSSR count). The second-order valence-electron chi connectivity index (χ2n) is 8.30. The van der Waals surface area contributed by atoms with Crippen molar-refractivity contribution in [3.8, 4) is 22.3 Å². The van der Waals surface area contributed by atoms with E-state index < -0.39 is 0 Å². The number of hydrogen-bond acceptors (Lipinski definition) is 0. The summed E-state index contributed by atoms with van der Waals surface area (Å²) in [4.78, 5) is 0. The molecule has 0 heterocycles. The van der Waals surface area contributed by atoms with Crippen molar-refractivity contribution in [1.82, 2.24) is 0 Å². The smallest absolute Gasteiger partial charge is 0.00928 e. The van der Waals surface area contributed by atoms with Crippen LogP contribution in [0.15, 0.2) is 115 Å². The summed E-state index contributed by atoms with van der Waals surface area (Å²) in [5.41, 5.74) is 6.30. The summed E-state index contributed by atoms with van der Waals surface area (Å²) in [7, 11) is 0. The summed E-state index contributed by atoms with van der Waals surface area (Å²) in [6.45, 7) is 2.14.